The van der Waals surface area contributed by atoms with E-state index in [4.69, 9.17) is 0 Å². The zero-order valence-electron chi connectivity index (χ0n) is 13.0. The van der Waals surface area contributed by atoms with Crippen molar-refractivity contribution in [3.8, 4) is 0 Å². The summed E-state index contributed by atoms with van der Waals surface area (Å²) in [5.74, 6) is 0.0778. The fraction of sp³-hybridized carbons (Fsp3) is 0.412. The van der Waals surface area contributed by atoms with Gasteiger partial charge in [-0.3, -0.25) is 14.5 Å². The lowest BCUT2D eigenvalue weighted by atomic mass is 10.1. The first kappa shape index (κ1) is 16.2. The van der Waals surface area contributed by atoms with E-state index in [2.05, 4.69) is 16.8 Å². The van der Waals surface area contributed by atoms with Gasteiger partial charge in [-0.1, -0.05) is 24.3 Å². The maximum absolute atomic E-state index is 12.5. The van der Waals surface area contributed by atoms with Crippen LogP contribution in [-0.4, -0.2) is 48.9 Å². The van der Waals surface area contributed by atoms with Gasteiger partial charge in [0.05, 0.1) is 6.04 Å². The van der Waals surface area contributed by atoms with E-state index in [9.17, 15) is 9.59 Å². The van der Waals surface area contributed by atoms with Gasteiger partial charge in [0.2, 0.25) is 11.8 Å². The van der Waals surface area contributed by atoms with Crippen LogP contribution >= 0.6 is 0 Å². The van der Waals surface area contributed by atoms with Crippen LogP contribution < -0.4 is 10.2 Å². The van der Waals surface area contributed by atoms with Gasteiger partial charge in [0, 0.05) is 38.3 Å². The molecule has 1 atom stereocenters. The third-order valence-corrected chi connectivity index (χ3v) is 3.92. The molecule has 1 heterocycles. The minimum Gasteiger partial charge on any atom is -0.353 e. The lowest BCUT2D eigenvalue weighted by molar-refractivity contribution is -0.127. The van der Waals surface area contributed by atoms with Gasteiger partial charge in [0.15, 0.2) is 0 Å². The van der Waals surface area contributed by atoms with Gasteiger partial charge < -0.3 is 10.2 Å². The summed E-state index contributed by atoms with van der Waals surface area (Å²) in [4.78, 5) is 28.0. The summed E-state index contributed by atoms with van der Waals surface area (Å²) in [5, 5.41) is 2.75. The Bertz CT molecular complexity index is 530. The van der Waals surface area contributed by atoms with E-state index in [0.29, 0.717) is 26.1 Å². The summed E-state index contributed by atoms with van der Waals surface area (Å²) in [6.07, 6.45) is 2.06. The second-order valence-corrected chi connectivity index (χ2v) is 5.38. The van der Waals surface area contributed by atoms with Crippen LogP contribution in [0.25, 0.3) is 0 Å². The Morgan fingerprint density at radius 3 is 2.77 bits per heavy atom. The first-order chi connectivity index (χ1) is 10.6. The van der Waals surface area contributed by atoms with Crippen LogP contribution in [0.15, 0.2) is 43.0 Å². The first-order valence-electron chi connectivity index (χ1n) is 7.61. The Balaban J connectivity index is 1.89. The molecule has 5 nitrogen and oxygen atoms in total. The van der Waals surface area contributed by atoms with Crippen LogP contribution in [0, 0.1) is 0 Å². The Hall–Kier alpha value is -2.14. The third kappa shape index (κ3) is 3.95. The van der Waals surface area contributed by atoms with E-state index in [1.807, 2.05) is 42.2 Å². The molecule has 2 rings (SSSR count). The second kappa shape index (κ2) is 7.75. The quantitative estimate of drug-likeness (QED) is 0.809. The van der Waals surface area contributed by atoms with Gasteiger partial charge >= 0.3 is 0 Å². The van der Waals surface area contributed by atoms with Crippen LogP contribution in [0.5, 0.6) is 0 Å². The van der Waals surface area contributed by atoms with Gasteiger partial charge in [0.1, 0.15) is 0 Å². The van der Waals surface area contributed by atoms with Crippen molar-refractivity contribution in [2.75, 3.05) is 31.1 Å². The van der Waals surface area contributed by atoms with Crippen LogP contribution in [0.2, 0.25) is 0 Å². The molecule has 1 fully saturated rings. The van der Waals surface area contributed by atoms with E-state index in [1.165, 1.54) is 0 Å². The number of amides is 2. The zero-order chi connectivity index (χ0) is 15.9. The van der Waals surface area contributed by atoms with Gasteiger partial charge in [-0.05, 0) is 19.1 Å². The molecule has 1 N–H and O–H groups in total. The molecule has 0 bridgehead atoms. The molecule has 0 radical (unpaired) electrons. The second-order valence-electron chi connectivity index (χ2n) is 5.38. The zero-order valence-corrected chi connectivity index (χ0v) is 13.0. The molecule has 118 valence electrons. The number of nitrogens with zero attached hydrogens (tertiary/aromatic N) is 2. The van der Waals surface area contributed by atoms with Crippen molar-refractivity contribution in [1.82, 2.24) is 10.2 Å². The van der Waals surface area contributed by atoms with Crippen molar-refractivity contribution in [1.29, 1.82) is 0 Å². The SMILES string of the molecule is C=CCNC(=O)CCN1CCN(c2ccccc2)C(=O)[C@@H]1C. The fourth-order valence-corrected chi connectivity index (χ4v) is 2.60. The molecule has 0 aliphatic carbocycles. The van der Waals surface area contributed by atoms with Gasteiger partial charge in [0.25, 0.3) is 0 Å². The van der Waals surface area contributed by atoms with E-state index < -0.39 is 0 Å². The molecule has 0 saturated carbocycles. The molecular weight excluding hydrogens is 278 g/mol. The minimum absolute atomic E-state index is 0.00922. The van der Waals surface area contributed by atoms with Crippen molar-refractivity contribution >= 4 is 17.5 Å². The predicted molar refractivity (Wildman–Crippen MR) is 87.7 cm³/mol. The Kier molecular flexibility index (Phi) is 5.72. The summed E-state index contributed by atoms with van der Waals surface area (Å²) in [6, 6.07) is 9.50. The van der Waals surface area contributed by atoms with Crippen LogP contribution in [0.4, 0.5) is 5.69 Å². The number of para-hydroxylation sites is 1. The van der Waals surface area contributed by atoms with Crippen molar-refractivity contribution in [2.45, 2.75) is 19.4 Å². The Labute approximate surface area is 131 Å². The number of hydrogen-bond acceptors (Lipinski definition) is 3. The summed E-state index contributed by atoms with van der Waals surface area (Å²) >= 11 is 0. The Morgan fingerprint density at radius 2 is 2.09 bits per heavy atom. The maximum atomic E-state index is 12.5. The molecule has 1 aromatic carbocycles. The van der Waals surface area contributed by atoms with Gasteiger partial charge in [-0.15, -0.1) is 6.58 Å². The van der Waals surface area contributed by atoms with E-state index in [0.717, 1.165) is 12.2 Å². The fourth-order valence-electron chi connectivity index (χ4n) is 2.60. The molecule has 1 aliphatic rings. The van der Waals surface area contributed by atoms with E-state index >= 15 is 0 Å². The van der Waals surface area contributed by atoms with Gasteiger partial charge in [-0.2, -0.15) is 0 Å². The van der Waals surface area contributed by atoms with Crippen molar-refractivity contribution in [2.24, 2.45) is 0 Å². The molecule has 2 amide bonds. The summed E-state index contributed by atoms with van der Waals surface area (Å²) < 4.78 is 0. The largest absolute Gasteiger partial charge is 0.353 e. The maximum Gasteiger partial charge on any atom is 0.244 e. The number of anilines is 1. The smallest absolute Gasteiger partial charge is 0.244 e. The minimum atomic E-state index is -0.207. The molecule has 22 heavy (non-hydrogen) atoms. The molecule has 0 spiro atoms. The number of hydrogen-bond donors (Lipinski definition) is 1. The summed E-state index contributed by atoms with van der Waals surface area (Å²) in [7, 11) is 0. The van der Waals surface area contributed by atoms with Crippen molar-refractivity contribution < 1.29 is 9.59 Å². The lowest BCUT2D eigenvalue weighted by Crippen LogP contribution is -2.56. The lowest BCUT2D eigenvalue weighted by Gasteiger charge is -2.39. The number of carbonyl (C=O) groups is 2. The number of benzene rings is 1. The third-order valence-electron chi connectivity index (χ3n) is 3.92. The standard InChI is InChI=1S/C17H23N3O2/c1-3-10-18-16(21)9-11-19-12-13-20(17(22)14(19)2)15-7-5-4-6-8-15/h3-8,14H,1,9-13H2,2H3,(H,18,21)/t14-/m0/s1. The highest BCUT2D eigenvalue weighted by atomic mass is 16.2. The molecule has 1 aliphatic heterocycles. The highest BCUT2D eigenvalue weighted by Crippen LogP contribution is 2.19. The summed E-state index contributed by atoms with van der Waals surface area (Å²) in [5.41, 5.74) is 0.933. The van der Waals surface area contributed by atoms with Crippen molar-refractivity contribution in [3.05, 3.63) is 43.0 Å². The molecule has 0 unspecified atom stereocenters. The normalized spacial score (nSPS) is 19.0. The highest BCUT2D eigenvalue weighted by Gasteiger charge is 2.31. The first-order valence-corrected chi connectivity index (χ1v) is 7.61. The average Bonchev–Trinajstić information content (AvgIpc) is 2.55. The predicted octanol–water partition coefficient (Wildman–Crippen LogP) is 1.42. The van der Waals surface area contributed by atoms with Crippen molar-refractivity contribution in [3.63, 3.8) is 0 Å². The van der Waals surface area contributed by atoms with Crippen LogP contribution in [0.1, 0.15) is 13.3 Å². The van der Waals surface area contributed by atoms with E-state index in [1.54, 1.807) is 6.08 Å². The molecule has 5 heteroatoms. The van der Waals surface area contributed by atoms with E-state index in [-0.39, 0.29) is 17.9 Å². The molecule has 1 saturated heterocycles. The molecule has 0 aromatic heterocycles. The van der Waals surface area contributed by atoms with Crippen LogP contribution in [0.3, 0.4) is 0 Å². The topological polar surface area (TPSA) is 52.7 Å². The molecular formula is C17H23N3O2. The average molecular weight is 301 g/mol. The number of rotatable bonds is 6. The Morgan fingerprint density at radius 1 is 1.36 bits per heavy atom. The number of nitrogens with one attached hydrogen (secondary N) is 1. The monoisotopic (exact) mass is 301 g/mol. The number of carbonyl (C=O) groups excluding carboxylic acids is 2. The van der Waals surface area contributed by atoms with Crippen LogP contribution in [-0.2, 0) is 9.59 Å². The summed E-state index contributed by atoms with van der Waals surface area (Å²) in [6.45, 7) is 7.97. The molecule has 1 aromatic rings. The van der Waals surface area contributed by atoms with Gasteiger partial charge in [-0.25, -0.2) is 0 Å². The number of piperazine rings is 1. The highest BCUT2D eigenvalue weighted by molar-refractivity contribution is 5.97.